The molecule has 3 rings (SSSR count). The molecule has 3 nitrogen and oxygen atoms in total. The molecule has 1 aromatic carbocycles. The molecule has 0 amide bonds. The Hall–Kier alpha value is -2.08. The first-order valence-electron chi connectivity index (χ1n) is 7.76. The number of para-hydroxylation sites is 1. The summed E-state index contributed by atoms with van der Waals surface area (Å²) in [4.78, 5) is 4.55. The summed E-state index contributed by atoms with van der Waals surface area (Å²) in [5.74, 6) is 1.24. The molecule has 2 aromatic rings. The molecule has 1 aromatic heterocycles. The number of ether oxygens (including phenoxy) is 1. The maximum absolute atomic E-state index is 9.34. The van der Waals surface area contributed by atoms with E-state index in [1.165, 1.54) is 19.3 Å². The zero-order valence-electron chi connectivity index (χ0n) is 12.4. The van der Waals surface area contributed by atoms with Crippen LogP contribution in [0.4, 0.5) is 0 Å². The molecule has 1 aliphatic carbocycles. The van der Waals surface area contributed by atoms with Crippen molar-refractivity contribution in [3.05, 3.63) is 35.9 Å². The molecule has 2 unspecified atom stereocenters. The minimum Gasteiger partial charge on any atom is -0.473 e. The van der Waals surface area contributed by atoms with E-state index in [0.717, 1.165) is 29.7 Å². The molecule has 21 heavy (non-hydrogen) atoms. The van der Waals surface area contributed by atoms with Crippen molar-refractivity contribution in [2.24, 2.45) is 5.92 Å². The molecule has 0 aliphatic heterocycles. The van der Waals surface area contributed by atoms with E-state index < -0.39 is 0 Å². The molecule has 0 spiro atoms. The normalized spacial score (nSPS) is 21.9. The van der Waals surface area contributed by atoms with E-state index in [0.29, 0.717) is 11.4 Å². The fourth-order valence-electron chi connectivity index (χ4n) is 3.15. The molecule has 108 valence electrons. The van der Waals surface area contributed by atoms with Crippen LogP contribution in [0.2, 0.25) is 0 Å². The molecule has 1 heterocycles. The van der Waals surface area contributed by atoms with Gasteiger partial charge in [0.05, 0.1) is 5.52 Å². The van der Waals surface area contributed by atoms with Gasteiger partial charge < -0.3 is 4.74 Å². The number of pyridine rings is 1. The summed E-state index contributed by atoms with van der Waals surface area (Å²) in [5, 5.41) is 10.3. The fraction of sp³-hybridized carbons (Fsp3) is 0.444. The molecule has 0 radical (unpaired) electrons. The van der Waals surface area contributed by atoms with E-state index in [1.54, 1.807) is 0 Å². The Morgan fingerprint density at radius 1 is 1.33 bits per heavy atom. The minimum absolute atomic E-state index is 0.199. The molecule has 3 heteroatoms. The second kappa shape index (κ2) is 6.13. The number of rotatable bonds is 3. The van der Waals surface area contributed by atoms with Gasteiger partial charge in [0.1, 0.15) is 17.7 Å². The highest BCUT2D eigenvalue weighted by molar-refractivity contribution is 5.80. The van der Waals surface area contributed by atoms with Crippen LogP contribution in [0, 0.1) is 17.2 Å². The van der Waals surface area contributed by atoms with Crippen LogP contribution < -0.4 is 4.74 Å². The lowest BCUT2D eigenvalue weighted by atomic mass is 9.85. The molecule has 1 fully saturated rings. The second-order valence-corrected chi connectivity index (χ2v) is 5.83. The van der Waals surface area contributed by atoms with Crippen molar-refractivity contribution in [3.8, 4) is 11.9 Å². The second-order valence-electron chi connectivity index (χ2n) is 5.83. The Balaban J connectivity index is 1.87. The van der Waals surface area contributed by atoms with E-state index in [1.807, 2.05) is 30.3 Å². The van der Waals surface area contributed by atoms with Crippen molar-refractivity contribution in [1.29, 1.82) is 5.26 Å². The lowest BCUT2D eigenvalue weighted by Crippen LogP contribution is -2.25. The highest BCUT2D eigenvalue weighted by atomic mass is 16.5. The number of hydrogen-bond acceptors (Lipinski definition) is 3. The van der Waals surface area contributed by atoms with Gasteiger partial charge in [0.25, 0.3) is 0 Å². The predicted molar refractivity (Wildman–Crippen MR) is 83.1 cm³/mol. The summed E-state index contributed by atoms with van der Waals surface area (Å²) in [6.45, 7) is 2.24. The number of hydrogen-bond donors (Lipinski definition) is 0. The highest BCUT2D eigenvalue weighted by Gasteiger charge is 2.23. The summed E-state index contributed by atoms with van der Waals surface area (Å²) in [5.41, 5.74) is 1.42. The van der Waals surface area contributed by atoms with Crippen molar-refractivity contribution >= 4 is 10.9 Å². The Labute approximate surface area is 125 Å². The number of nitrogens with zero attached hydrogens (tertiary/aromatic N) is 2. The van der Waals surface area contributed by atoms with E-state index in [9.17, 15) is 5.26 Å². The molecular weight excluding hydrogens is 260 g/mol. The van der Waals surface area contributed by atoms with E-state index in [4.69, 9.17) is 4.74 Å². The number of nitriles is 1. The monoisotopic (exact) mass is 280 g/mol. The maximum Gasteiger partial charge on any atom is 0.232 e. The third-order valence-electron chi connectivity index (χ3n) is 4.40. The van der Waals surface area contributed by atoms with Gasteiger partial charge in [0.2, 0.25) is 5.88 Å². The van der Waals surface area contributed by atoms with Gasteiger partial charge in [0.15, 0.2) is 0 Å². The van der Waals surface area contributed by atoms with Crippen LogP contribution >= 0.6 is 0 Å². The minimum atomic E-state index is 0.199. The van der Waals surface area contributed by atoms with Crippen LogP contribution in [0.15, 0.2) is 30.3 Å². The van der Waals surface area contributed by atoms with E-state index in [-0.39, 0.29) is 6.10 Å². The van der Waals surface area contributed by atoms with Gasteiger partial charge >= 0.3 is 0 Å². The van der Waals surface area contributed by atoms with Gasteiger partial charge in [-0.15, -0.1) is 0 Å². The Kier molecular flexibility index (Phi) is 4.06. The Bertz CT molecular complexity index is 674. The van der Waals surface area contributed by atoms with Crippen molar-refractivity contribution in [2.75, 3.05) is 0 Å². The van der Waals surface area contributed by atoms with E-state index >= 15 is 0 Å². The summed E-state index contributed by atoms with van der Waals surface area (Å²) < 4.78 is 6.08. The topological polar surface area (TPSA) is 45.9 Å². The molecule has 1 saturated carbocycles. The van der Waals surface area contributed by atoms with Gasteiger partial charge in [-0.25, -0.2) is 4.98 Å². The average Bonchev–Trinajstić information content (AvgIpc) is 2.54. The van der Waals surface area contributed by atoms with Crippen LogP contribution in [0.5, 0.6) is 5.88 Å². The molecule has 0 N–H and O–H groups in total. The molecule has 0 saturated heterocycles. The van der Waals surface area contributed by atoms with Gasteiger partial charge in [-0.3, -0.25) is 0 Å². The van der Waals surface area contributed by atoms with Gasteiger partial charge in [-0.1, -0.05) is 38.0 Å². The van der Waals surface area contributed by atoms with Crippen molar-refractivity contribution in [1.82, 2.24) is 4.98 Å². The first-order chi connectivity index (χ1) is 10.3. The van der Waals surface area contributed by atoms with Crippen LogP contribution in [-0.4, -0.2) is 11.1 Å². The smallest absolute Gasteiger partial charge is 0.232 e. The van der Waals surface area contributed by atoms with Crippen LogP contribution in [0.25, 0.3) is 10.9 Å². The number of fused-ring (bicyclic) bond motifs is 1. The van der Waals surface area contributed by atoms with Gasteiger partial charge in [0, 0.05) is 5.39 Å². The van der Waals surface area contributed by atoms with Crippen molar-refractivity contribution < 1.29 is 4.74 Å². The first-order valence-corrected chi connectivity index (χ1v) is 7.76. The Morgan fingerprint density at radius 2 is 2.19 bits per heavy atom. The summed E-state index contributed by atoms with van der Waals surface area (Å²) in [6.07, 6.45) is 6.05. The molecule has 0 bridgehead atoms. The molecule has 1 aliphatic rings. The lowest BCUT2D eigenvalue weighted by molar-refractivity contribution is 0.117. The van der Waals surface area contributed by atoms with Crippen LogP contribution in [0.1, 0.15) is 44.6 Å². The largest absolute Gasteiger partial charge is 0.473 e. The summed E-state index contributed by atoms with van der Waals surface area (Å²) in [7, 11) is 0. The van der Waals surface area contributed by atoms with Gasteiger partial charge in [-0.2, -0.15) is 5.26 Å². The van der Waals surface area contributed by atoms with Crippen molar-refractivity contribution in [3.63, 3.8) is 0 Å². The Morgan fingerprint density at radius 3 is 3.00 bits per heavy atom. The standard InChI is InChI=1S/C18H20N2O/c1-2-13-6-5-8-16(10-13)21-18-15(12-19)11-14-7-3-4-9-17(14)20-18/h3-4,7,9,11,13,16H,2,5-6,8,10H2,1H3. The zero-order valence-corrected chi connectivity index (χ0v) is 12.4. The number of benzene rings is 1. The number of aromatic nitrogens is 1. The third kappa shape index (κ3) is 3.00. The van der Waals surface area contributed by atoms with Crippen LogP contribution in [0.3, 0.4) is 0 Å². The average molecular weight is 280 g/mol. The third-order valence-corrected chi connectivity index (χ3v) is 4.40. The lowest BCUT2D eigenvalue weighted by Gasteiger charge is -2.28. The van der Waals surface area contributed by atoms with Crippen LogP contribution in [-0.2, 0) is 0 Å². The van der Waals surface area contributed by atoms with Gasteiger partial charge in [-0.05, 0) is 37.3 Å². The molecular formula is C18H20N2O. The molecule has 2 atom stereocenters. The zero-order chi connectivity index (χ0) is 14.7. The summed E-state index contributed by atoms with van der Waals surface area (Å²) >= 11 is 0. The first kappa shape index (κ1) is 13.9. The maximum atomic E-state index is 9.34. The summed E-state index contributed by atoms with van der Waals surface area (Å²) in [6, 6.07) is 11.9. The SMILES string of the molecule is CCC1CCCC(Oc2nc3ccccc3cc2C#N)C1. The highest BCUT2D eigenvalue weighted by Crippen LogP contribution is 2.31. The predicted octanol–water partition coefficient (Wildman–Crippen LogP) is 4.45. The quantitative estimate of drug-likeness (QED) is 0.834. The fourth-order valence-corrected chi connectivity index (χ4v) is 3.15. The van der Waals surface area contributed by atoms with Crippen molar-refractivity contribution in [2.45, 2.75) is 45.1 Å². The van der Waals surface area contributed by atoms with E-state index in [2.05, 4.69) is 18.0 Å².